The molecule has 0 bridgehead atoms. The minimum Gasteiger partial charge on any atom is -0.338 e. The van der Waals surface area contributed by atoms with Crippen LogP contribution < -0.4 is 5.73 Å². The summed E-state index contributed by atoms with van der Waals surface area (Å²) < 4.78 is 0. The molecule has 0 aliphatic heterocycles. The maximum absolute atomic E-state index is 12.0. The van der Waals surface area contributed by atoms with Gasteiger partial charge in [0, 0.05) is 30.2 Å². The van der Waals surface area contributed by atoms with E-state index in [2.05, 4.69) is 0 Å². The molecule has 0 aliphatic carbocycles. The third-order valence-electron chi connectivity index (χ3n) is 2.73. The van der Waals surface area contributed by atoms with Gasteiger partial charge in [0.15, 0.2) is 0 Å². The highest BCUT2D eigenvalue weighted by Gasteiger charge is 2.16. The van der Waals surface area contributed by atoms with Crippen molar-refractivity contribution in [2.75, 3.05) is 13.6 Å². The summed E-state index contributed by atoms with van der Waals surface area (Å²) in [5.41, 5.74) is 7.08. The number of nitrogens with two attached hydrogens (primary N) is 1. The average molecular weight is 241 g/mol. The lowest BCUT2D eigenvalue weighted by Crippen LogP contribution is -2.39. The molecule has 1 rings (SSSR count). The van der Waals surface area contributed by atoms with Crippen LogP contribution >= 0.6 is 11.6 Å². The molecule has 0 spiro atoms. The van der Waals surface area contributed by atoms with E-state index < -0.39 is 0 Å². The minimum atomic E-state index is -0.0299. The fraction of sp³-hybridized carbons (Fsp3) is 0.417. The summed E-state index contributed by atoms with van der Waals surface area (Å²) in [6.07, 6.45) is 0. The van der Waals surface area contributed by atoms with E-state index in [0.29, 0.717) is 17.1 Å². The van der Waals surface area contributed by atoms with E-state index in [1.54, 1.807) is 30.1 Å². The van der Waals surface area contributed by atoms with Crippen molar-refractivity contribution in [3.05, 3.63) is 34.3 Å². The lowest BCUT2D eigenvalue weighted by Gasteiger charge is -2.23. The number of halogens is 1. The number of amides is 1. The summed E-state index contributed by atoms with van der Waals surface area (Å²) in [6.45, 7) is 4.25. The molecule has 1 aromatic carbocycles. The van der Waals surface area contributed by atoms with Crippen LogP contribution in [0.3, 0.4) is 0 Å². The molecule has 0 heterocycles. The van der Waals surface area contributed by atoms with Crippen molar-refractivity contribution < 1.29 is 4.79 Å². The fourth-order valence-electron chi connectivity index (χ4n) is 1.34. The van der Waals surface area contributed by atoms with Crippen molar-refractivity contribution in [2.45, 2.75) is 19.9 Å². The van der Waals surface area contributed by atoms with E-state index in [0.717, 1.165) is 5.56 Å². The van der Waals surface area contributed by atoms with Gasteiger partial charge in [0.1, 0.15) is 0 Å². The number of carbonyl (C=O) groups excluding carboxylic acids is 1. The third-order valence-corrected chi connectivity index (χ3v) is 3.15. The highest BCUT2D eigenvalue weighted by molar-refractivity contribution is 6.31. The zero-order valence-corrected chi connectivity index (χ0v) is 10.6. The van der Waals surface area contributed by atoms with Gasteiger partial charge < -0.3 is 10.6 Å². The summed E-state index contributed by atoms with van der Waals surface area (Å²) >= 11 is 5.91. The van der Waals surface area contributed by atoms with Gasteiger partial charge in [-0.2, -0.15) is 0 Å². The molecule has 1 unspecified atom stereocenters. The van der Waals surface area contributed by atoms with Gasteiger partial charge >= 0.3 is 0 Å². The van der Waals surface area contributed by atoms with E-state index in [1.807, 2.05) is 13.8 Å². The number of nitrogens with zero attached hydrogens (tertiary/aromatic N) is 1. The maximum Gasteiger partial charge on any atom is 0.253 e. The van der Waals surface area contributed by atoms with E-state index in [9.17, 15) is 4.79 Å². The van der Waals surface area contributed by atoms with Crippen molar-refractivity contribution in [1.29, 1.82) is 0 Å². The van der Waals surface area contributed by atoms with E-state index in [1.165, 1.54) is 0 Å². The summed E-state index contributed by atoms with van der Waals surface area (Å²) in [5, 5.41) is 0.672. The fourth-order valence-corrected chi connectivity index (χ4v) is 1.46. The smallest absolute Gasteiger partial charge is 0.253 e. The Bertz CT molecular complexity index is 393. The summed E-state index contributed by atoms with van der Waals surface area (Å²) in [6, 6.07) is 5.30. The van der Waals surface area contributed by atoms with Crippen molar-refractivity contribution in [2.24, 2.45) is 5.73 Å². The van der Waals surface area contributed by atoms with Crippen molar-refractivity contribution in [3.63, 3.8) is 0 Å². The van der Waals surface area contributed by atoms with Crippen LogP contribution in [0.4, 0.5) is 0 Å². The van der Waals surface area contributed by atoms with Gasteiger partial charge in [-0.3, -0.25) is 4.79 Å². The monoisotopic (exact) mass is 240 g/mol. The first-order valence-corrected chi connectivity index (χ1v) is 5.58. The van der Waals surface area contributed by atoms with Gasteiger partial charge in [0.05, 0.1) is 0 Å². The van der Waals surface area contributed by atoms with Crippen LogP contribution in [0.25, 0.3) is 0 Å². The van der Waals surface area contributed by atoms with Crippen molar-refractivity contribution in [1.82, 2.24) is 4.90 Å². The third kappa shape index (κ3) is 2.74. The second kappa shape index (κ2) is 5.32. The lowest BCUT2D eigenvalue weighted by molar-refractivity contribution is 0.0748. The molecule has 0 aromatic heterocycles. The van der Waals surface area contributed by atoms with Crippen LogP contribution in [-0.4, -0.2) is 30.4 Å². The minimum absolute atomic E-state index is 0.0299. The van der Waals surface area contributed by atoms with Crippen molar-refractivity contribution >= 4 is 17.5 Å². The standard InChI is InChI=1S/C12H17ClN2O/c1-8-6-10(4-5-11(8)13)12(16)15(3)9(2)7-14/h4-6,9H,7,14H2,1-3H3. The second-order valence-corrected chi connectivity index (χ2v) is 4.37. The van der Waals surface area contributed by atoms with Crippen LogP contribution in [0.5, 0.6) is 0 Å². The van der Waals surface area contributed by atoms with Gasteiger partial charge in [-0.25, -0.2) is 0 Å². The molecule has 0 saturated heterocycles. The van der Waals surface area contributed by atoms with Gasteiger partial charge in [0.2, 0.25) is 0 Å². The first-order chi connectivity index (χ1) is 7.47. The van der Waals surface area contributed by atoms with Gasteiger partial charge in [-0.1, -0.05) is 11.6 Å². The molecule has 0 saturated carbocycles. The van der Waals surface area contributed by atoms with Crippen LogP contribution in [0.15, 0.2) is 18.2 Å². The molecule has 1 amide bonds. The molecule has 1 atom stereocenters. The number of likely N-dealkylation sites (N-methyl/N-ethyl adjacent to an activating group) is 1. The topological polar surface area (TPSA) is 46.3 Å². The Morgan fingerprint density at radius 1 is 1.56 bits per heavy atom. The Balaban J connectivity index is 2.92. The average Bonchev–Trinajstić information content (AvgIpc) is 2.29. The largest absolute Gasteiger partial charge is 0.338 e. The van der Waals surface area contributed by atoms with Gasteiger partial charge in [-0.05, 0) is 37.6 Å². The highest BCUT2D eigenvalue weighted by atomic mass is 35.5. The van der Waals surface area contributed by atoms with Gasteiger partial charge in [-0.15, -0.1) is 0 Å². The van der Waals surface area contributed by atoms with Crippen LogP contribution in [-0.2, 0) is 0 Å². The number of hydrogen-bond donors (Lipinski definition) is 1. The molecular weight excluding hydrogens is 224 g/mol. The second-order valence-electron chi connectivity index (χ2n) is 3.96. The lowest BCUT2D eigenvalue weighted by atomic mass is 10.1. The molecule has 0 radical (unpaired) electrons. The molecule has 16 heavy (non-hydrogen) atoms. The zero-order valence-electron chi connectivity index (χ0n) is 9.83. The Morgan fingerprint density at radius 2 is 2.19 bits per heavy atom. The Kier molecular flexibility index (Phi) is 4.33. The predicted octanol–water partition coefficient (Wildman–Crippen LogP) is 2.07. The number of carbonyl (C=O) groups is 1. The molecule has 4 heteroatoms. The Hall–Kier alpha value is -1.06. The predicted molar refractivity (Wildman–Crippen MR) is 66.8 cm³/mol. The number of aryl methyl sites for hydroxylation is 1. The summed E-state index contributed by atoms with van der Waals surface area (Å²) in [7, 11) is 1.75. The molecule has 2 N–H and O–H groups in total. The molecule has 0 aliphatic rings. The molecular formula is C12H17ClN2O. The molecule has 3 nitrogen and oxygen atoms in total. The van der Waals surface area contributed by atoms with Gasteiger partial charge in [0.25, 0.3) is 5.91 Å². The van der Waals surface area contributed by atoms with Crippen LogP contribution in [0.2, 0.25) is 5.02 Å². The Labute approximate surface area is 101 Å². The molecule has 1 aromatic rings. The molecule has 88 valence electrons. The number of hydrogen-bond acceptors (Lipinski definition) is 2. The number of benzene rings is 1. The van der Waals surface area contributed by atoms with Crippen LogP contribution in [0, 0.1) is 6.92 Å². The number of rotatable bonds is 3. The van der Waals surface area contributed by atoms with E-state index in [4.69, 9.17) is 17.3 Å². The van der Waals surface area contributed by atoms with Crippen LogP contribution in [0.1, 0.15) is 22.8 Å². The SMILES string of the molecule is Cc1cc(C(=O)N(C)C(C)CN)ccc1Cl. The normalized spacial score (nSPS) is 12.3. The quantitative estimate of drug-likeness (QED) is 0.879. The van der Waals surface area contributed by atoms with E-state index >= 15 is 0 Å². The first-order valence-electron chi connectivity index (χ1n) is 5.20. The first kappa shape index (κ1) is 13.0. The van der Waals surface area contributed by atoms with E-state index in [-0.39, 0.29) is 11.9 Å². The molecule has 0 fully saturated rings. The maximum atomic E-state index is 12.0. The highest BCUT2D eigenvalue weighted by Crippen LogP contribution is 2.17. The zero-order chi connectivity index (χ0) is 12.3. The van der Waals surface area contributed by atoms with Crippen molar-refractivity contribution in [3.8, 4) is 0 Å². The summed E-state index contributed by atoms with van der Waals surface area (Å²) in [4.78, 5) is 13.7. The summed E-state index contributed by atoms with van der Waals surface area (Å²) in [5.74, 6) is -0.0299. The Morgan fingerprint density at radius 3 is 2.69 bits per heavy atom.